The van der Waals surface area contributed by atoms with Gasteiger partial charge in [0.1, 0.15) is 5.54 Å². The number of amides is 1. The van der Waals surface area contributed by atoms with Gasteiger partial charge >= 0.3 is 0 Å². The molecule has 1 atom stereocenters. The van der Waals surface area contributed by atoms with Crippen LogP contribution in [0.15, 0.2) is 0 Å². The molecule has 94 valence electrons. The van der Waals surface area contributed by atoms with Crippen LogP contribution in [0.1, 0.15) is 13.3 Å². The van der Waals surface area contributed by atoms with Crippen LogP contribution in [0.3, 0.4) is 0 Å². The third kappa shape index (κ3) is 3.73. The average molecular weight is 249 g/mol. The van der Waals surface area contributed by atoms with Crippen molar-refractivity contribution in [3.05, 3.63) is 0 Å². The Bertz CT molecular complexity index is 364. The van der Waals surface area contributed by atoms with Gasteiger partial charge in [0.15, 0.2) is 9.84 Å². The first-order valence-corrected chi connectivity index (χ1v) is 7.07. The molecule has 0 radical (unpaired) electrons. The van der Waals surface area contributed by atoms with Crippen molar-refractivity contribution in [1.29, 1.82) is 0 Å². The van der Waals surface area contributed by atoms with Crippen LogP contribution < -0.4 is 11.5 Å². The molecular weight excluding hydrogens is 230 g/mol. The van der Waals surface area contributed by atoms with Crippen LogP contribution in [0.4, 0.5) is 0 Å². The highest BCUT2D eigenvalue weighted by Crippen LogP contribution is 2.08. The molecule has 1 unspecified atom stereocenters. The van der Waals surface area contributed by atoms with Crippen molar-refractivity contribution < 1.29 is 13.2 Å². The largest absolute Gasteiger partial charge is 0.368 e. The van der Waals surface area contributed by atoms with E-state index >= 15 is 0 Å². The zero-order valence-corrected chi connectivity index (χ0v) is 10.3. The molecule has 0 aliphatic carbocycles. The fraction of sp³-hybridized carbons (Fsp3) is 0.889. The van der Waals surface area contributed by atoms with Gasteiger partial charge < -0.3 is 11.5 Å². The molecule has 1 saturated heterocycles. The first-order chi connectivity index (χ1) is 7.23. The number of carbonyl (C=O) groups excluding carboxylic acids is 1. The Morgan fingerprint density at radius 1 is 1.38 bits per heavy atom. The summed E-state index contributed by atoms with van der Waals surface area (Å²) < 4.78 is 22.7. The van der Waals surface area contributed by atoms with Crippen molar-refractivity contribution in [3.63, 3.8) is 0 Å². The number of hydrogen-bond acceptors (Lipinski definition) is 5. The third-order valence-electron chi connectivity index (χ3n) is 2.76. The summed E-state index contributed by atoms with van der Waals surface area (Å²) in [7, 11) is -2.93. The zero-order valence-electron chi connectivity index (χ0n) is 9.48. The molecule has 1 aliphatic heterocycles. The SMILES string of the molecule is CC(N)(CN1CCCS(=O)(=O)CC1)C(N)=O. The zero-order chi connectivity index (χ0) is 12.4. The number of rotatable bonds is 3. The Morgan fingerprint density at radius 2 is 2.00 bits per heavy atom. The van der Waals surface area contributed by atoms with Crippen molar-refractivity contribution in [1.82, 2.24) is 4.90 Å². The molecule has 0 aromatic rings. The maximum absolute atomic E-state index is 11.4. The molecule has 1 aliphatic rings. The van der Waals surface area contributed by atoms with E-state index in [1.807, 2.05) is 4.90 Å². The molecule has 0 aromatic heterocycles. The number of nitrogens with zero attached hydrogens (tertiary/aromatic N) is 1. The van der Waals surface area contributed by atoms with Gasteiger partial charge in [-0.1, -0.05) is 0 Å². The summed E-state index contributed by atoms with van der Waals surface area (Å²) in [5.74, 6) is -0.233. The van der Waals surface area contributed by atoms with Crippen molar-refractivity contribution in [2.24, 2.45) is 11.5 Å². The molecular formula is C9H19N3O3S. The van der Waals surface area contributed by atoms with E-state index in [9.17, 15) is 13.2 Å². The Kier molecular flexibility index (Phi) is 3.92. The number of sulfone groups is 1. The summed E-state index contributed by atoms with van der Waals surface area (Å²) in [6, 6.07) is 0. The fourth-order valence-corrected chi connectivity index (χ4v) is 3.00. The van der Waals surface area contributed by atoms with E-state index in [0.29, 0.717) is 26.1 Å². The molecule has 0 saturated carbocycles. The molecule has 1 fully saturated rings. The molecule has 0 bridgehead atoms. The van der Waals surface area contributed by atoms with Crippen LogP contribution in [-0.4, -0.2) is 55.9 Å². The highest BCUT2D eigenvalue weighted by atomic mass is 32.2. The smallest absolute Gasteiger partial charge is 0.238 e. The van der Waals surface area contributed by atoms with Gasteiger partial charge in [0.2, 0.25) is 5.91 Å². The molecule has 0 aromatic carbocycles. The van der Waals surface area contributed by atoms with Crippen LogP contribution in [0.2, 0.25) is 0 Å². The Hall–Kier alpha value is -0.660. The van der Waals surface area contributed by atoms with Crippen molar-refractivity contribution >= 4 is 15.7 Å². The van der Waals surface area contributed by atoms with E-state index in [0.717, 1.165) is 0 Å². The molecule has 6 nitrogen and oxygen atoms in total. The third-order valence-corrected chi connectivity index (χ3v) is 4.48. The first-order valence-electron chi connectivity index (χ1n) is 5.24. The molecule has 1 amide bonds. The van der Waals surface area contributed by atoms with Crippen LogP contribution in [-0.2, 0) is 14.6 Å². The van der Waals surface area contributed by atoms with E-state index in [-0.39, 0.29) is 11.5 Å². The summed E-state index contributed by atoms with van der Waals surface area (Å²) in [5, 5.41) is 0. The fourth-order valence-electron chi connectivity index (χ4n) is 1.69. The van der Waals surface area contributed by atoms with Crippen LogP contribution in [0.25, 0.3) is 0 Å². The Morgan fingerprint density at radius 3 is 2.56 bits per heavy atom. The van der Waals surface area contributed by atoms with Gasteiger partial charge in [-0.05, 0) is 19.9 Å². The van der Waals surface area contributed by atoms with Gasteiger partial charge in [-0.15, -0.1) is 0 Å². The van der Waals surface area contributed by atoms with E-state index in [1.54, 1.807) is 6.92 Å². The maximum Gasteiger partial charge on any atom is 0.238 e. The molecule has 7 heteroatoms. The molecule has 16 heavy (non-hydrogen) atoms. The molecule has 1 rings (SSSR count). The van der Waals surface area contributed by atoms with E-state index in [1.165, 1.54) is 0 Å². The highest BCUT2D eigenvalue weighted by Gasteiger charge is 2.30. The van der Waals surface area contributed by atoms with Gasteiger partial charge in [0.05, 0.1) is 11.5 Å². The predicted octanol–water partition coefficient (Wildman–Crippen LogP) is -1.69. The minimum absolute atomic E-state index is 0.127. The van der Waals surface area contributed by atoms with Gasteiger partial charge in [0, 0.05) is 13.1 Å². The first kappa shape index (κ1) is 13.4. The second-order valence-corrected chi connectivity index (χ2v) is 6.87. The summed E-state index contributed by atoms with van der Waals surface area (Å²) in [4.78, 5) is 12.9. The maximum atomic E-state index is 11.4. The lowest BCUT2D eigenvalue weighted by atomic mass is 10.0. The summed E-state index contributed by atoms with van der Waals surface area (Å²) in [6.07, 6.45) is 0.581. The summed E-state index contributed by atoms with van der Waals surface area (Å²) in [5.41, 5.74) is 9.81. The lowest BCUT2D eigenvalue weighted by Crippen LogP contribution is -2.57. The van der Waals surface area contributed by atoms with Crippen LogP contribution in [0, 0.1) is 0 Å². The standard InChI is InChI=1S/C9H19N3O3S/c1-9(11,8(10)13)7-12-3-2-5-16(14,15)6-4-12/h2-7,11H2,1H3,(H2,10,13). The van der Waals surface area contributed by atoms with Crippen molar-refractivity contribution in [2.45, 2.75) is 18.9 Å². The Balaban J connectivity index is 2.60. The quantitative estimate of drug-likeness (QED) is 0.620. The number of hydrogen-bond donors (Lipinski definition) is 2. The predicted molar refractivity (Wildman–Crippen MR) is 61.5 cm³/mol. The lowest BCUT2D eigenvalue weighted by Gasteiger charge is -2.28. The number of primary amides is 1. The van der Waals surface area contributed by atoms with Crippen LogP contribution >= 0.6 is 0 Å². The molecule has 4 N–H and O–H groups in total. The average Bonchev–Trinajstić information content (AvgIpc) is 2.27. The number of carbonyl (C=O) groups is 1. The van der Waals surface area contributed by atoms with Gasteiger partial charge in [-0.25, -0.2) is 8.42 Å². The second kappa shape index (κ2) is 4.68. The lowest BCUT2D eigenvalue weighted by molar-refractivity contribution is -0.123. The van der Waals surface area contributed by atoms with Gasteiger partial charge in [0.25, 0.3) is 0 Å². The van der Waals surface area contributed by atoms with E-state index < -0.39 is 21.3 Å². The van der Waals surface area contributed by atoms with Gasteiger partial charge in [-0.2, -0.15) is 0 Å². The summed E-state index contributed by atoms with van der Waals surface area (Å²) in [6.45, 7) is 2.92. The van der Waals surface area contributed by atoms with E-state index in [4.69, 9.17) is 11.5 Å². The van der Waals surface area contributed by atoms with Gasteiger partial charge in [-0.3, -0.25) is 9.69 Å². The second-order valence-electron chi connectivity index (χ2n) is 4.56. The van der Waals surface area contributed by atoms with E-state index in [2.05, 4.69) is 0 Å². The molecule has 1 heterocycles. The normalized spacial score (nSPS) is 25.6. The number of nitrogens with two attached hydrogens (primary N) is 2. The Labute approximate surface area is 95.9 Å². The topological polar surface area (TPSA) is 106 Å². The molecule has 0 spiro atoms. The van der Waals surface area contributed by atoms with Crippen LogP contribution in [0.5, 0.6) is 0 Å². The minimum Gasteiger partial charge on any atom is -0.368 e. The van der Waals surface area contributed by atoms with Crippen molar-refractivity contribution in [2.75, 3.05) is 31.1 Å². The highest BCUT2D eigenvalue weighted by molar-refractivity contribution is 7.91. The summed E-state index contributed by atoms with van der Waals surface area (Å²) >= 11 is 0. The monoisotopic (exact) mass is 249 g/mol. The van der Waals surface area contributed by atoms with Crippen molar-refractivity contribution in [3.8, 4) is 0 Å². The minimum atomic E-state index is -2.93.